The lowest BCUT2D eigenvalue weighted by molar-refractivity contribution is -0.113. The van der Waals surface area contributed by atoms with Gasteiger partial charge in [0, 0.05) is 12.0 Å². The van der Waals surface area contributed by atoms with Gasteiger partial charge in [-0.15, -0.1) is 0 Å². The van der Waals surface area contributed by atoms with Crippen LogP contribution in [0.1, 0.15) is 18.4 Å². The van der Waals surface area contributed by atoms with Gasteiger partial charge in [-0.25, -0.2) is 4.98 Å². The van der Waals surface area contributed by atoms with E-state index in [1.54, 1.807) is 11.7 Å². The molecule has 1 saturated heterocycles. The second-order valence-electron chi connectivity index (χ2n) is 8.26. The fourth-order valence-corrected chi connectivity index (χ4v) is 4.95. The normalized spacial score (nSPS) is 15.8. The van der Waals surface area contributed by atoms with E-state index >= 15 is 0 Å². The van der Waals surface area contributed by atoms with Gasteiger partial charge in [0.15, 0.2) is 5.16 Å². The highest BCUT2D eigenvalue weighted by atomic mass is 32.2. The van der Waals surface area contributed by atoms with Crippen molar-refractivity contribution in [2.75, 3.05) is 24.8 Å². The Bertz CT molecular complexity index is 1420. The molecule has 0 saturated carbocycles. The topological polar surface area (TPSA) is 95.6 Å². The smallest absolute Gasteiger partial charge is 0.297 e. The van der Waals surface area contributed by atoms with Crippen LogP contribution in [0.4, 0.5) is 5.69 Å². The minimum atomic E-state index is -0.264. The number of carbonyl (C=O) groups is 1. The standard InChI is InChI=1S/C25H25N3O5S/c1-15-9-10-20(31-2)18(12-15)26-21(29)14-34-25-27-22-17-7-3-4-8-19(17)33-23(22)24(30)28(25)13-16-6-5-11-32-16/h3-4,7-10,12,16H,5-6,11,13-14H2,1-2H3,(H,26,29)/t16-/m1/s1. The number of rotatable bonds is 7. The summed E-state index contributed by atoms with van der Waals surface area (Å²) in [4.78, 5) is 31.0. The van der Waals surface area contributed by atoms with Crippen molar-refractivity contribution in [3.63, 3.8) is 0 Å². The molecular formula is C25H25N3O5S. The van der Waals surface area contributed by atoms with E-state index in [1.165, 1.54) is 11.8 Å². The number of benzene rings is 2. The number of carbonyl (C=O) groups excluding carboxylic acids is 1. The first-order valence-electron chi connectivity index (χ1n) is 11.1. The maximum absolute atomic E-state index is 13.4. The lowest BCUT2D eigenvalue weighted by atomic mass is 10.2. The van der Waals surface area contributed by atoms with E-state index in [-0.39, 0.29) is 28.9 Å². The number of aromatic nitrogens is 2. The van der Waals surface area contributed by atoms with Crippen LogP contribution >= 0.6 is 11.8 Å². The molecule has 8 nitrogen and oxygen atoms in total. The highest BCUT2D eigenvalue weighted by Gasteiger charge is 2.23. The van der Waals surface area contributed by atoms with Crippen LogP contribution in [-0.4, -0.2) is 41.0 Å². The molecule has 0 aliphatic carbocycles. The zero-order valence-corrected chi connectivity index (χ0v) is 19.8. The Kier molecular flexibility index (Phi) is 6.30. The molecule has 176 valence electrons. The SMILES string of the molecule is COc1ccc(C)cc1NC(=O)CSc1nc2c(oc3ccccc32)c(=O)n1C[C@H]1CCCO1. The molecule has 4 aromatic rings. The van der Waals surface area contributed by atoms with E-state index in [4.69, 9.17) is 18.9 Å². The van der Waals surface area contributed by atoms with Crippen molar-refractivity contribution in [2.45, 2.75) is 37.6 Å². The molecule has 0 unspecified atom stereocenters. The fraction of sp³-hybridized carbons (Fsp3) is 0.320. The Balaban J connectivity index is 1.46. The van der Waals surface area contributed by atoms with Gasteiger partial charge in [0.25, 0.3) is 5.56 Å². The first-order valence-corrected chi connectivity index (χ1v) is 12.1. The monoisotopic (exact) mass is 479 g/mol. The third-order valence-electron chi connectivity index (χ3n) is 5.82. The minimum Gasteiger partial charge on any atom is -0.495 e. The summed E-state index contributed by atoms with van der Waals surface area (Å²) in [5.74, 6) is 0.448. The molecule has 2 aromatic carbocycles. The van der Waals surface area contributed by atoms with Gasteiger partial charge in [-0.05, 0) is 49.6 Å². The number of anilines is 1. The average Bonchev–Trinajstić information content (AvgIpc) is 3.48. The van der Waals surface area contributed by atoms with E-state index in [0.717, 1.165) is 23.8 Å². The number of nitrogens with zero attached hydrogens (tertiary/aromatic N) is 2. The lowest BCUT2D eigenvalue weighted by Gasteiger charge is -2.15. The maximum Gasteiger partial charge on any atom is 0.297 e. The fourth-order valence-electron chi connectivity index (χ4n) is 4.15. The number of thioether (sulfide) groups is 1. The number of aryl methyl sites for hydroxylation is 1. The molecule has 2 aromatic heterocycles. The Morgan fingerprint density at radius 3 is 2.94 bits per heavy atom. The van der Waals surface area contributed by atoms with E-state index in [0.29, 0.717) is 40.8 Å². The van der Waals surface area contributed by atoms with E-state index in [9.17, 15) is 9.59 Å². The molecule has 1 amide bonds. The van der Waals surface area contributed by atoms with Gasteiger partial charge in [0.1, 0.15) is 16.8 Å². The third-order valence-corrected chi connectivity index (χ3v) is 6.80. The second kappa shape index (κ2) is 9.52. The van der Waals surface area contributed by atoms with Crippen LogP contribution < -0.4 is 15.6 Å². The zero-order chi connectivity index (χ0) is 23.7. The van der Waals surface area contributed by atoms with Gasteiger partial charge >= 0.3 is 0 Å². The number of hydrogen-bond acceptors (Lipinski definition) is 7. The molecule has 9 heteroatoms. The van der Waals surface area contributed by atoms with Gasteiger partial charge < -0.3 is 19.2 Å². The highest BCUT2D eigenvalue weighted by molar-refractivity contribution is 7.99. The summed E-state index contributed by atoms with van der Waals surface area (Å²) in [6.07, 6.45) is 1.77. The summed E-state index contributed by atoms with van der Waals surface area (Å²) in [5.41, 5.74) is 2.68. The molecule has 1 fully saturated rings. The van der Waals surface area contributed by atoms with Gasteiger partial charge in [0.2, 0.25) is 11.5 Å². The van der Waals surface area contributed by atoms with E-state index < -0.39 is 0 Å². The molecule has 3 heterocycles. The maximum atomic E-state index is 13.4. The molecule has 1 atom stereocenters. The number of amides is 1. The molecule has 0 spiro atoms. The quantitative estimate of drug-likeness (QED) is 0.311. The van der Waals surface area contributed by atoms with Crippen molar-refractivity contribution in [3.05, 3.63) is 58.4 Å². The summed E-state index contributed by atoms with van der Waals surface area (Å²) in [7, 11) is 1.56. The first-order chi connectivity index (χ1) is 16.5. The Morgan fingerprint density at radius 2 is 2.15 bits per heavy atom. The lowest BCUT2D eigenvalue weighted by Crippen LogP contribution is -2.29. The van der Waals surface area contributed by atoms with Crippen molar-refractivity contribution in [1.82, 2.24) is 9.55 Å². The van der Waals surface area contributed by atoms with Gasteiger partial charge in [-0.3, -0.25) is 14.2 Å². The second-order valence-corrected chi connectivity index (χ2v) is 9.20. The zero-order valence-electron chi connectivity index (χ0n) is 19.0. The van der Waals surface area contributed by atoms with Crippen LogP contribution in [0.2, 0.25) is 0 Å². The minimum absolute atomic E-state index is 0.0638. The number of furan rings is 1. The Labute approximate surface area is 200 Å². The summed E-state index contributed by atoms with van der Waals surface area (Å²) in [6.45, 7) is 3.00. The number of hydrogen-bond donors (Lipinski definition) is 1. The number of ether oxygens (including phenoxy) is 2. The van der Waals surface area contributed by atoms with Gasteiger partial charge in [0.05, 0.1) is 31.2 Å². The average molecular weight is 480 g/mol. The third kappa shape index (κ3) is 4.41. The molecule has 1 aliphatic rings. The molecule has 1 aliphatic heterocycles. The van der Waals surface area contributed by atoms with Crippen LogP contribution in [0.25, 0.3) is 22.1 Å². The highest BCUT2D eigenvalue weighted by Crippen LogP contribution is 2.29. The number of para-hydroxylation sites is 1. The summed E-state index contributed by atoms with van der Waals surface area (Å²) in [5, 5.41) is 4.14. The van der Waals surface area contributed by atoms with Crippen LogP contribution in [0, 0.1) is 6.92 Å². The van der Waals surface area contributed by atoms with E-state index in [2.05, 4.69) is 5.32 Å². The predicted octanol–water partition coefficient (Wildman–Crippen LogP) is 4.37. The summed E-state index contributed by atoms with van der Waals surface area (Å²) < 4.78 is 18.5. The molecular weight excluding hydrogens is 454 g/mol. The Morgan fingerprint density at radius 1 is 1.29 bits per heavy atom. The van der Waals surface area contributed by atoms with E-state index in [1.807, 2.05) is 49.4 Å². The predicted molar refractivity (Wildman–Crippen MR) is 132 cm³/mol. The first kappa shape index (κ1) is 22.5. The van der Waals surface area contributed by atoms with Gasteiger partial charge in [-0.1, -0.05) is 30.0 Å². The van der Waals surface area contributed by atoms with Crippen molar-refractivity contribution in [2.24, 2.45) is 0 Å². The van der Waals surface area contributed by atoms with Crippen molar-refractivity contribution in [3.8, 4) is 5.75 Å². The van der Waals surface area contributed by atoms with Crippen LogP contribution in [-0.2, 0) is 16.1 Å². The summed E-state index contributed by atoms with van der Waals surface area (Å²) in [6, 6.07) is 13.0. The van der Waals surface area contributed by atoms with Crippen molar-refractivity contribution < 1.29 is 18.7 Å². The van der Waals surface area contributed by atoms with Crippen molar-refractivity contribution in [1.29, 1.82) is 0 Å². The van der Waals surface area contributed by atoms with Crippen LogP contribution in [0.15, 0.2) is 56.8 Å². The molecule has 5 rings (SSSR count). The molecule has 0 radical (unpaired) electrons. The number of nitrogens with one attached hydrogen (secondary N) is 1. The Hall–Kier alpha value is -3.30. The van der Waals surface area contributed by atoms with Crippen molar-refractivity contribution >= 4 is 45.4 Å². The number of methoxy groups -OCH3 is 1. The number of fused-ring (bicyclic) bond motifs is 3. The molecule has 1 N–H and O–H groups in total. The van der Waals surface area contributed by atoms with Crippen LogP contribution in [0.5, 0.6) is 5.75 Å². The molecule has 0 bridgehead atoms. The largest absolute Gasteiger partial charge is 0.495 e. The van der Waals surface area contributed by atoms with Gasteiger partial charge in [-0.2, -0.15) is 0 Å². The molecule has 34 heavy (non-hydrogen) atoms. The summed E-state index contributed by atoms with van der Waals surface area (Å²) >= 11 is 1.22. The van der Waals surface area contributed by atoms with Crippen LogP contribution in [0.3, 0.4) is 0 Å².